The van der Waals surface area contributed by atoms with Gasteiger partial charge in [0.1, 0.15) is 11.4 Å². The van der Waals surface area contributed by atoms with Crippen molar-refractivity contribution in [2.75, 3.05) is 17.7 Å². The van der Waals surface area contributed by atoms with E-state index in [1.807, 2.05) is 0 Å². The van der Waals surface area contributed by atoms with Gasteiger partial charge in [-0.3, -0.25) is 4.79 Å². The first-order chi connectivity index (χ1) is 13.8. The summed E-state index contributed by atoms with van der Waals surface area (Å²) in [5, 5.41) is 8.30. The highest BCUT2D eigenvalue weighted by Gasteiger charge is 2.36. The number of nitrogens with zero attached hydrogens (tertiary/aromatic N) is 2. The molecular formula is C19H23F3N6O. The molecule has 1 amide bonds. The fourth-order valence-corrected chi connectivity index (χ4v) is 3.19. The van der Waals surface area contributed by atoms with Gasteiger partial charge < -0.3 is 21.7 Å². The van der Waals surface area contributed by atoms with Crippen molar-refractivity contribution in [1.29, 1.82) is 0 Å². The molecule has 0 bridgehead atoms. The van der Waals surface area contributed by atoms with E-state index in [1.54, 1.807) is 24.3 Å². The van der Waals surface area contributed by atoms with Crippen LogP contribution in [0.15, 0.2) is 30.5 Å². The lowest BCUT2D eigenvalue weighted by atomic mass is 9.92. The Kier molecular flexibility index (Phi) is 6.21. The lowest BCUT2D eigenvalue weighted by Crippen LogP contribution is -2.33. The Labute approximate surface area is 166 Å². The second-order valence-electron chi connectivity index (χ2n) is 6.99. The molecule has 1 aromatic carbocycles. The molecule has 2 aromatic rings. The summed E-state index contributed by atoms with van der Waals surface area (Å²) in [5.74, 6) is -0.459. The van der Waals surface area contributed by atoms with E-state index in [0.717, 1.165) is 19.0 Å². The Hall–Kier alpha value is -2.88. The maximum absolute atomic E-state index is 13.4. The monoisotopic (exact) mass is 408 g/mol. The van der Waals surface area contributed by atoms with Gasteiger partial charge in [0.25, 0.3) is 5.91 Å². The molecule has 29 heavy (non-hydrogen) atoms. The molecule has 0 atom stereocenters. The second-order valence-corrected chi connectivity index (χ2v) is 6.99. The summed E-state index contributed by atoms with van der Waals surface area (Å²) in [6.45, 7) is 0. The number of alkyl halides is 3. The van der Waals surface area contributed by atoms with Gasteiger partial charge in [-0.1, -0.05) is 0 Å². The summed E-state index contributed by atoms with van der Waals surface area (Å²) in [7, 11) is 1.53. The predicted octanol–water partition coefficient (Wildman–Crippen LogP) is 3.28. The molecule has 1 aliphatic rings. The average molecular weight is 408 g/mol. The van der Waals surface area contributed by atoms with Crippen LogP contribution in [0.4, 0.5) is 30.6 Å². The number of hydrogen-bond acceptors (Lipinski definition) is 6. The topological polar surface area (TPSA) is 105 Å². The van der Waals surface area contributed by atoms with Crippen molar-refractivity contribution in [3.05, 3.63) is 41.6 Å². The van der Waals surface area contributed by atoms with Crippen LogP contribution in [0.1, 0.15) is 41.6 Å². The zero-order valence-electron chi connectivity index (χ0n) is 15.9. The van der Waals surface area contributed by atoms with Gasteiger partial charge in [-0.15, -0.1) is 0 Å². The Balaban J connectivity index is 1.80. The highest BCUT2D eigenvalue weighted by atomic mass is 19.4. The molecule has 7 nitrogen and oxygen atoms in total. The number of benzene rings is 1. The average Bonchev–Trinajstić information content (AvgIpc) is 2.69. The fraction of sp³-hybridized carbons (Fsp3) is 0.421. The van der Waals surface area contributed by atoms with E-state index in [4.69, 9.17) is 5.73 Å². The molecule has 0 unspecified atom stereocenters. The van der Waals surface area contributed by atoms with Crippen molar-refractivity contribution in [3.63, 3.8) is 0 Å². The van der Waals surface area contributed by atoms with Crippen LogP contribution in [-0.2, 0) is 6.18 Å². The number of anilines is 3. The Morgan fingerprint density at radius 3 is 2.38 bits per heavy atom. The molecule has 3 rings (SSSR count). The molecule has 10 heteroatoms. The van der Waals surface area contributed by atoms with Crippen LogP contribution in [0.5, 0.6) is 0 Å². The van der Waals surface area contributed by atoms with E-state index in [9.17, 15) is 18.0 Å². The number of nitrogens with two attached hydrogens (primary N) is 1. The van der Waals surface area contributed by atoms with E-state index in [-0.39, 0.29) is 29.8 Å². The van der Waals surface area contributed by atoms with E-state index in [1.165, 1.54) is 7.05 Å². The van der Waals surface area contributed by atoms with Crippen molar-refractivity contribution in [2.24, 2.45) is 5.73 Å². The molecule has 1 heterocycles. The number of hydrogen-bond donors (Lipinski definition) is 4. The van der Waals surface area contributed by atoms with Crippen LogP contribution in [0, 0.1) is 0 Å². The first-order valence-corrected chi connectivity index (χ1v) is 9.32. The largest absolute Gasteiger partial charge is 0.421 e. The third kappa shape index (κ3) is 5.35. The lowest BCUT2D eigenvalue weighted by Gasteiger charge is -2.28. The summed E-state index contributed by atoms with van der Waals surface area (Å²) in [4.78, 5) is 19.4. The maximum atomic E-state index is 13.4. The first-order valence-electron chi connectivity index (χ1n) is 9.32. The highest BCUT2D eigenvalue weighted by molar-refractivity contribution is 5.94. The predicted molar refractivity (Wildman–Crippen MR) is 104 cm³/mol. The van der Waals surface area contributed by atoms with Gasteiger partial charge in [0.15, 0.2) is 0 Å². The minimum atomic E-state index is -4.57. The van der Waals surface area contributed by atoms with Gasteiger partial charge in [0.2, 0.25) is 5.95 Å². The van der Waals surface area contributed by atoms with Crippen molar-refractivity contribution in [2.45, 2.75) is 43.9 Å². The maximum Gasteiger partial charge on any atom is 0.421 e. The van der Waals surface area contributed by atoms with Crippen LogP contribution in [0.2, 0.25) is 0 Å². The van der Waals surface area contributed by atoms with Crippen LogP contribution in [0.3, 0.4) is 0 Å². The number of carbonyl (C=O) groups is 1. The number of nitrogens with one attached hydrogen (secondary N) is 3. The van der Waals surface area contributed by atoms with Crippen LogP contribution >= 0.6 is 0 Å². The summed E-state index contributed by atoms with van der Waals surface area (Å²) < 4.78 is 40.1. The third-order valence-corrected chi connectivity index (χ3v) is 4.84. The minimum Gasteiger partial charge on any atom is -0.367 e. The highest BCUT2D eigenvalue weighted by Crippen LogP contribution is 2.35. The van der Waals surface area contributed by atoms with Gasteiger partial charge in [0, 0.05) is 36.6 Å². The van der Waals surface area contributed by atoms with Gasteiger partial charge >= 0.3 is 6.18 Å². The van der Waals surface area contributed by atoms with E-state index < -0.39 is 11.7 Å². The minimum absolute atomic E-state index is 0.0284. The van der Waals surface area contributed by atoms with E-state index in [2.05, 4.69) is 25.9 Å². The zero-order valence-corrected chi connectivity index (χ0v) is 15.9. The molecule has 156 valence electrons. The molecule has 1 saturated carbocycles. The molecule has 0 saturated heterocycles. The van der Waals surface area contributed by atoms with Crippen molar-refractivity contribution >= 4 is 23.4 Å². The summed E-state index contributed by atoms with van der Waals surface area (Å²) in [5.41, 5.74) is 5.97. The molecule has 1 aliphatic carbocycles. The molecule has 0 spiro atoms. The first kappa shape index (κ1) is 20.8. The SMILES string of the molecule is CNC(=O)c1ccc(Nc2ncc(C(F)(F)F)c(N[C@H]3CC[C@@H](N)CC3)n2)cc1. The Bertz CT molecular complexity index is 848. The smallest absolute Gasteiger partial charge is 0.367 e. The van der Waals surface area contributed by atoms with Crippen LogP contribution in [-0.4, -0.2) is 35.0 Å². The molecule has 1 aromatic heterocycles. The van der Waals surface area contributed by atoms with Gasteiger partial charge in [-0.05, 0) is 49.9 Å². The van der Waals surface area contributed by atoms with E-state index >= 15 is 0 Å². The number of amides is 1. The second kappa shape index (κ2) is 8.64. The third-order valence-electron chi connectivity index (χ3n) is 4.84. The van der Waals surface area contributed by atoms with Crippen LogP contribution in [0.25, 0.3) is 0 Å². The quantitative estimate of drug-likeness (QED) is 0.605. The van der Waals surface area contributed by atoms with Gasteiger partial charge in [-0.25, -0.2) is 4.98 Å². The zero-order chi connectivity index (χ0) is 21.0. The molecule has 0 radical (unpaired) electrons. The van der Waals surface area contributed by atoms with E-state index in [0.29, 0.717) is 24.1 Å². The normalized spacial score (nSPS) is 19.5. The molecule has 0 aliphatic heterocycles. The summed E-state index contributed by atoms with van der Waals surface area (Å²) in [6.07, 6.45) is -0.912. The van der Waals surface area contributed by atoms with Gasteiger partial charge in [-0.2, -0.15) is 18.2 Å². The number of aromatic nitrogens is 2. The fourth-order valence-electron chi connectivity index (χ4n) is 3.19. The van der Waals surface area contributed by atoms with Crippen molar-refractivity contribution in [3.8, 4) is 0 Å². The Morgan fingerprint density at radius 2 is 1.79 bits per heavy atom. The molecule has 5 N–H and O–H groups in total. The standard InChI is InChI=1S/C19H23F3N6O/c1-24-17(29)11-2-6-14(7-3-11)27-18-25-10-15(19(20,21)22)16(28-18)26-13-8-4-12(23)5-9-13/h2-3,6-7,10,12-13H,4-5,8-9,23H2,1H3,(H,24,29)(H2,25,26,27,28)/t12-,13+. The number of carbonyl (C=O) groups excluding carboxylic acids is 1. The molecule has 1 fully saturated rings. The summed E-state index contributed by atoms with van der Waals surface area (Å²) in [6, 6.07) is 6.41. The lowest BCUT2D eigenvalue weighted by molar-refractivity contribution is -0.137. The number of rotatable bonds is 5. The van der Waals surface area contributed by atoms with Crippen molar-refractivity contribution in [1.82, 2.24) is 15.3 Å². The van der Waals surface area contributed by atoms with Crippen LogP contribution < -0.4 is 21.7 Å². The van der Waals surface area contributed by atoms with Crippen molar-refractivity contribution < 1.29 is 18.0 Å². The summed E-state index contributed by atoms with van der Waals surface area (Å²) >= 11 is 0. The number of halogens is 3. The van der Waals surface area contributed by atoms with Gasteiger partial charge in [0.05, 0.1) is 0 Å². The molecular weight excluding hydrogens is 385 g/mol. The Morgan fingerprint density at radius 1 is 1.14 bits per heavy atom.